The lowest BCUT2D eigenvalue weighted by molar-refractivity contribution is -0.117. The Morgan fingerprint density at radius 1 is 1.17 bits per heavy atom. The van der Waals surface area contributed by atoms with Crippen LogP contribution in [0.3, 0.4) is 0 Å². The molecule has 9 heteroatoms. The van der Waals surface area contributed by atoms with Crippen molar-refractivity contribution in [1.82, 2.24) is 4.57 Å². The van der Waals surface area contributed by atoms with Crippen molar-refractivity contribution in [2.24, 2.45) is 7.05 Å². The number of nitrogens with zero attached hydrogens (tertiary/aromatic N) is 2. The zero-order valence-corrected chi connectivity index (χ0v) is 19.2. The van der Waals surface area contributed by atoms with Crippen molar-refractivity contribution < 1.29 is 13.2 Å². The smallest absolute Gasteiger partial charge is 0.307 e. The third-order valence-corrected chi connectivity index (χ3v) is 7.03. The van der Waals surface area contributed by atoms with Crippen molar-refractivity contribution in [2.45, 2.75) is 33.2 Å². The molecule has 3 rings (SSSR count). The van der Waals surface area contributed by atoms with E-state index in [0.717, 1.165) is 38.9 Å². The molecule has 160 valence electrons. The summed E-state index contributed by atoms with van der Waals surface area (Å²) in [4.78, 5) is 24.9. The highest BCUT2D eigenvalue weighted by Crippen LogP contribution is 2.27. The predicted molar refractivity (Wildman–Crippen MR) is 123 cm³/mol. The number of fused-ring (bicyclic) bond motifs is 1. The molecule has 7 nitrogen and oxygen atoms in total. The van der Waals surface area contributed by atoms with Crippen molar-refractivity contribution in [3.05, 3.63) is 57.2 Å². The molecule has 0 spiro atoms. The summed E-state index contributed by atoms with van der Waals surface area (Å²) in [5.41, 5.74) is 3.59. The molecule has 0 radical (unpaired) electrons. The van der Waals surface area contributed by atoms with E-state index in [-0.39, 0.29) is 4.87 Å². The second kappa shape index (κ2) is 8.23. The summed E-state index contributed by atoms with van der Waals surface area (Å²) in [6.45, 7) is 5.55. The number of nitrogens with one attached hydrogen (secondary N) is 1. The van der Waals surface area contributed by atoms with Gasteiger partial charge in [0.05, 0.1) is 22.2 Å². The minimum absolute atomic E-state index is 0.0852. The number of hydrogen-bond donors (Lipinski definition) is 1. The van der Waals surface area contributed by atoms with Crippen molar-refractivity contribution in [1.29, 1.82) is 0 Å². The summed E-state index contributed by atoms with van der Waals surface area (Å²) < 4.78 is 28.8. The highest BCUT2D eigenvalue weighted by atomic mass is 32.2. The predicted octanol–water partition coefficient (Wildman–Crippen LogP) is 3.40. The molecule has 1 heterocycles. The van der Waals surface area contributed by atoms with E-state index < -0.39 is 22.0 Å². The third-order valence-electron chi connectivity index (χ3n) is 4.85. The maximum atomic E-state index is 13.1. The van der Waals surface area contributed by atoms with E-state index in [1.54, 1.807) is 48.9 Å². The van der Waals surface area contributed by atoms with E-state index in [9.17, 15) is 18.0 Å². The first-order chi connectivity index (χ1) is 14.0. The number of aryl methyl sites for hydroxylation is 3. The van der Waals surface area contributed by atoms with Gasteiger partial charge in [-0.15, -0.1) is 0 Å². The Kier molecular flexibility index (Phi) is 6.05. The monoisotopic (exact) mass is 447 g/mol. The highest BCUT2D eigenvalue weighted by Gasteiger charge is 2.31. The average molecular weight is 448 g/mol. The third kappa shape index (κ3) is 4.41. The van der Waals surface area contributed by atoms with Crippen LogP contribution in [0.4, 0.5) is 11.4 Å². The number of amides is 1. The summed E-state index contributed by atoms with van der Waals surface area (Å²) in [5, 5.41) is 2.82. The van der Waals surface area contributed by atoms with Crippen LogP contribution in [-0.4, -0.2) is 31.2 Å². The van der Waals surface area contributed by atoms with Crippen molar-refractivity contribution in [2.75, 3.05) is 15.9 Å². The van der Waals surface area contributed by atoms with Gasteiger partial charge in [-0.3, -0.25) is 13.9 Å². The molecule has 1 N–H and O–H groups in total. The Hall–Kier alpha value is -2.65. The normalized spacial score (nSPS) is 12.7. The van der Waals surface area contributed by atoms with Crippen LogP contribution in [0.15, 0.2) is 41.2 Å². The Labute approximate surface area is 180 Å². The Morgan fingerprint density at radius 3 is 2.37 bits per heavy atom. The van der Waals surface area contributed by atoms with Crippen LogP contribution in [0.25, 0.3) is 10.2 Å². The van der Waals surface area contributed by atoms with Gasteiger partial charge in [0.15, 0.2) is 0 Å². The molecule has 1 amide bonds. The van der Waals surface area contributed by atoms with Crippen LogP contribution in [-0.2, 0) is 21.9 Å². The van der Waals surface area contributed by atoms with Crippen LogP contribution in [0.5, 0.6) is 0 Å². The fraction of sp³-hybridized carbons (Fsp3) is 0.333. The van der Waals surface area contributed by atoms with Gasteiger partial charge in [-0.2, -0.15) is 0 Å². The van der Waals surface area contributed by atoms with E-state index in [4.69, 9.17) is 0 Å². The lowest BCUT2D eigenvalue weighted by Gasteiger charge is -2.30. The highest BCUT2D eigenvalue weighted by molar-refractivity contribution is 7.92. The Balaban J connectivity index is 1.97. The molecule has 0 bridgehead atoms. The fourth-order valence-corrected chi connectivity index (χ4v) is 5.69. The van der Waals surface area contributed by atoms with Gasteiger partial charge in [-0.1, -0.05) is 24.3 Å². The number of benzene rings is 2. The minimum atomic E-state index is -3.71. The van der Waals surface area contributed by atoms with Crippen LogP contribution in [0.1, 0.15) is 24.5 Å². The van der Waals surface area contributed by atoms with E-state index >= 15 is 0 Å². The Bertz CT molecular complexity index is 1250. The molecule has 0 fully saturated rings. The van der Waals surface area contributed by atoms with Crippen LogP contribution in [0.2, 0.25) is 0 Å². The van der Waals surface area contributed by atoms with Gasteiger partial charge in [0.2, 0.25) is 15.9 Å². The molecule has 0 saturated heterocycles. The maximum absolute atomic E-state index is 13.1. The number of carbonyl (C=O) groups is 1. The van der Waals surface area contributed by atoms with Gasteiger partial charge in [0.25, 0.3) is 0 Å². The molecule has 0 unspecified atom stereocenters. The lowest BCUT2D eigenvalue weighted by Crippen LogP contribution is -2.47. The zero-order valence-electron chi connectivity index (χ0n) is 17.6. The summed E-state index contributed by atoms with van der Waals surface area (Å²) in [7, 11) is -2.01. The van der Waals surface area contributed by atoms with E-state index in [1.165, 1.54) is 4.31 Å². The first-order valence-corrected chi connectivity index (χ1v) is 12.2. The number of carbonyl (C=O) groups excluding carboxylic acids is 1. The average Bonchev–Trinajstić information content (AvgIpc) is 2.91. The number of aromatic nitrogens is 1. The van der Waals surface area contributed by atoms with E-state index in [0.29, 0.717) is 17.8 Å². The molecule has 1 aromatic heterocycles. The minimum Gasteiger partial charge on any atom is -0.324 e. The van der Waals surface area contributed by atoms with Crippen molar-refractivity contribution in [3.8, 4) is 0 Å². The summed E-state index contributed by atoms with van der Waals surface area (Å²) in [6.07, 6.45) is 1.40. The number of sulfonamides is 1. The first kappa shape index (κ1) is 22.0. The van der Waals surface area contributed by atoms with Gasteiger partial charge in [-0.05, 0) is 61.7 Å². The second-order valence-electron chi connectivity index (χ2n) is 7.43. The van der Waals surface area contributed by atoms with Gasteiger partial charge in [0.1, 0.15) is 6.04 Å². The number of anilines is 2. The zero-order chi connectivity index (χ0) is 22.2. The number of hydrogen-bond acceptors (Lipinski definition) is 5. The largest absolute Gasteiger partial charge is 0.324 e. The summed E-state index contributed by atoms with van der Waals surface area (Å²) in [6, 6.07) is 9.77. The lowest BCUT2D eigenvalue weighted by atomic mass is 10.1. The molecular weight excluding hydrogens is 422 g/mol. The SMILES string of the molecule is CC[C@H](C(=O)Nc1ccc2c(c1)sc(=O)n2C)N(c1cc(C)cc(C)c1)S(C)(=O)=O. The molecule has 0 aliphatic rings. The van der Waals surface area contributed by atoms with Gasteiger partial charge in [-0.25, -0.2) is 8.42 Å². The molecule has 3 aromatic rings. The van der Waals surface area contributed by atoms with Crippen LogP contribution in [0, 0.1) is 13.8 Å². The van der Waals surface area contributed by atoms with Gasteiger partial charge >= 0.3 is 4.87 Å². The topological polar surface area (TPSA) is 88.5 Å². The van der Waals surface area contributed by atoms with Gasteiger partial charge < -0.3 is 9.88 Å². The molecule has 0 aliphatic carbocycles. The molecule has 2 aromatic carbocycles. The fourth-order valence-electron chi connectivity index (χ4n) is 3.58. The van der Waals surface area contributed by atoms with Crippen LogP contribution < -0.4 is 14.5 Å². The molecule has 0 saturated carbocycles. The van der Waals surface area contributed by atoms with Gasteiger partial charge in [0, 0.05) is 12.7 Å². The van der Waals surface area contributed by atoms with E-state index in [2.05, 4.69) is 5.32 Å². The van der Waals surface area contributed by atoms with Crippen molar-refractivity contribution >= 4 is 48.9 Å². The number of thiazole rings is 1. The number of rotatable bonds is 6. The molecular formula is C21H25N3O4S2. The Morgan fingerprint density at radius 2 is 1.80 bits per heavy atom. The van der Waals surface area contributed by atoms with Crippen LogP contribution >= 0.6 is 11.3 Å². The standard InChI is InChI=1S/C21H25N3O4S2/c1-6-17(24(30(5,27)28)16-10-13(2)9-14(3)11-16)20(25)22-15-7-8-18-19(12-15)29-21(26)23(18)4/h7-12,17H,6H2,1-5H3,(H,22,25)/t17-/m1/s1. The molecule has 30 heavy (non-hydrogen) atoms. The maximum Gasteiger partial charge on any atom is 0.307 e. The second-order valence-corrected chi connectivity index (χ2v) is 10.3. The summed E-state index contributed by atoms with van der Waals surface area (Å²) >= 11 is 1.09. The molecule has 1 atom stereocenters. The van der Waals surface area contributed by atoms with E-state index in [1.807, 2.05) is 19.9 Å². The van der Waals surface area contributed by atoms with Crippen molar-refractivity contribution in [3.63, 3.8) is 0 Å². The quantitative estimate of drug-likeness (QED) is 0.627. The summed E-state index contributed by atoms with van der Waals surface area (Å²) in [5.74, 6) is -0.426. The first-order valence-electron chi connectivity index (χ1n) is 9.49. The molecule has 0 aliphatic heterocycles.